The van der Waals surface area contributed by atoms with Crippen LogP contribution in [0.3, 0.4) is 0 Å². The zero-order chi connectivity index (χ0) is 18.9. The van der Waals surface area contributed by atoms with Crippen molar-refractivity contribution in [2.24, 2.45) is 5.73 Å². The molecule has 1 fully saturated rings. The van der Waals surface area contributed by atoms with Gasteiger partial charge < -0.3 is 16.4 Å². The number of halogens is 3. The van der Waals surface area contributed by atoms with Gasteiger partial charge in [0.25, 0.3) is 0 Å². The summed E-state index contributed by atoms with van der Waals surface area (Å²) in [6.07, 6.45) is -1.24. The van der Waals surface area contributed by atoms with Crippen LogP contribution in [0.5, 0.6) is 0 Å². The lowest BCUT2D eigenvalue weighted by atomic mass is 9.91. The van der Waals surface area contributed by atoms with Gasteiger partial charge in [-0.25, -0.2) is 9.97 Å². The van der Waals surface area contributed by atoms with Crippen LogP contribution in [0.2, 0.25) is 0 Å². The van der Waals surface area contributed by atoms with E-state index in [0.717, 1.165) is 43.8 Å². The van der Waals surface area contributed by atoms with Gasteiger partial charge in [0.15, 0.2) is 5.82 Å². The normalized spacial score (nSPS) is 17.3. The van der Waals surface area contributed by atoms with Gasteiger partial charge in [0.1, 0.15) is 10.8 Å². The van der Waals surface area contributed by atoms with Crippen molar-refractivity contribution in [3.8, 4) is 0 Å². The molecule has 0 aliphatic carbocycles. The first-order valence-electron chi connectivity index (χ1n) is 8.16. The molecule has 1 aliphatic rings. The number of anilines is 2. The summed E-state index contributed by atoms with van der Waals surface area (Å²) >= 11 is 0.866. The van der Waals surface area contributed by atoms with Crippen molar-refractivity contribution in [2.45, 2.75) is 41.4 Å². The molecule has 2 heterocycles. The first-order valence-corrected chi connectivity index (χ1v) is 8.98. The molecule has 0 unspecified atom stereocenters. The molecule has 0 bridgehead atoms. The van der Waals surface area contributed by atoms with E-state index < -0.39 is 11.7 Å². The van der Waals surface area contributed by atoms with Crippen molar-refractivity contribution in [2.75, 3.05) is 23.7 Å². The lowest BCUT2D eigenvalue weighted by molar-refractivity contribution is -0.139. The Bertz CT molecular complexity index is 784. The summed E-state index contributed by atoms with van der Waals surface area (Å²) in [5.41, 5.74) is 11.2. The van der Waals surface area contributed by atoms with Crippen LogP contribution < -0.4 is 16.4 Å². The van der Waals surface area contributed by atoms with E-state index in [2.05, 4.69) is 9.97 Å². The molecule has 3 rings (SSSR count). The standard InChI is InChI=1S/C17H20F3N5S/c1-16(22)6-8-25(9-7-16)13-10-23-15(14(21)24-13)26-12-5-3-2-4-11(12)17(18,19)20/h2-5,10H,6-9,22H2,1H3,(H2,21,24). The Labute approximate surface area is 154 Å². The molecule has 0 spiro atoms. The van der Waals surface area contributed by atoms with Crippen LogP contribution in [0, 0.1) is 0 Å². The highest BCUT2D eigenvalue weighted by atomic mass is 32.2. The van der Waals surface area contributed by atoms with E-state index in [-0.39, 0.29) is 21.3 Å². The summed E-state index contributed by atoms with van der Waals surface area (Å²) < 4.78 is 39.4. The van der Waals surface area contributed by atoms with Gasteiger partial charge in [-0.15, -0.1) is 0 Å². The number of nitrogen functional groups attached to an aromatic ring is 1. The summed E-state index contributed by atoms with van der Waals surface area (Å²) in [5.74, 6) is 0.733. The molecule has 1 aromatic carbocycles. The van der Waals surface area contributed by atoms with Gasteiger partial charge in [-0.05, 0) is 31.9 Å². The highest BCUT2D eigenvalue weighted by molar-refractivity contribution is 7.99. The Balaban J connectivity index is 1.80. The molecule has 26 heavy (non-hydrogen) atoms. The molecular formula is C17H20F3N5S. The second kappa shape index (κ2) is 6.96. The Morgan fingerprint density at radius 3 is 2.46 bits per heavy atom. The highest BCUT2D eigenvalue weighted by Gasteiger charge is 2.33. The lowest BCUT2D eigenvalue weighted by Crippen LogP contribution is -2.48. The summed E-state index contributed by atoms with van der Waals surface area (Å²) in [7, 11) is 0. The largest absolute Gasteiger partial charge is 0.417 e. The maximum atomic E-state index is 13.1. The molecule has 140 valence electrons. The minimum Gasteiger partial charge on any atom is -0.381 e. The third-order valence-electron chi connectivity index (χ3n) is 4.38. The van der Waals surface area contributed by atoms with Crippen molar-refractivity contribution in [1.82, 2.24) is 9.97 Å². The van der Waals surface area contributed by atoms with Crippen molar-refractivity contribution in [1.29, 1.82) is 0 Å². The number of hydrogen-bond acceptors (Lipinski definition) is 6. The Hall–Kier alpha value is -2.00. The summed E-state index contributed by atoms with van der Waals surface area (Å²) in [6.45, 7) is 3.50. The maximum absolute atomic E-state index is 13.1. The van der Waals surface area contributed by atoms with E-state index in [1.807, 2.05) is 11.8 Å². The molecule has 0 atom stereocenters. The summed E-state index contributed by atoms with van der Waals surface area (Å²) in [6, 6.07) is 5.34. The van der Waals surface area contributed by atoms with Gasteiger partial charge in [-0.2, -0.15) is 13.2 Å². The molecule has 1 aliphatic heterocycles. The third-order valence-corrected chi connectivity index (χ3v) is 5.46. The third kappa shape index (κ3) is 4.21. The quantitative estimate of drug-likeness (QED) is 0.844. The molecule has 4 N–H and O–H groups in total. The number of hydrogen-bond donors (Lipinski definition) is 2. The van der Waals surface area contributed by atoms with Crippen LogP contribution in [0.15, 0.2) is 40.4 Å². The molecule has 5 nitrogen and oxygen atoms in total. The van der Waals surface area contributed by atoms with Gasteiger partial charge in [0.05, 0.1) is 11.8 Å². The summed E-state index contributed by atoms with van der Waals surface area (Å²) in [5, 5.41) is 0.256. The van der Waals surface area contributed by atoms with E-state index >= 15 is 0 Å². The first kappa shape index (κ1) is 18.8. The van der Waals surface area contributed by atoms with E-state index in [1.165, 1.54) is 12.1 Å². The van der Waals surface area contributed by atoms with Gasteiger partial charge in [-0.3, -0.25) is 0 Å². The number of nitrogens with two attached hydrogens (primary N) is 2. The average Bonchev–Trinajstić information content (AvgIpc) is 2.56. The molecule has 1 saturated heterocycles. The molecule has 2 aromatic rings. The highest BCUT2D eigenvalue weighted by Crippen LogP contribution is 2.40. The minimum absolute atomic E-state index is 0.0469. The zero-order valence-electron chi connectivity index (χ0n) is 14.3. The van der Waals surface area contributed by atoms with Crippen molar-refractivity contribution in [3.63, 3.8) is 0 Å². The molecule has 0 saturated carbocycles. The van der Waals surface area contributed by atoms with E-state index in [1.54, 1.807) is 12.3 Å². The van der Waals surface area contributed by atoms with Crippen LogP contribution in [0.4, 0.5) is 24.8 Å². The lowest BCUT2D eigenvalue weighted by Gasteiger charge is -2.37. The molecule has 9 heteroatoms. The first-order chi connectivity index (χ1) is 12.2. The second-order valence-corrected chi connectivity index (χ2v) is 7.69. The van der Waals surface area contributed by atoms with Crippen molar-refractivity contribution >= 4 is 23.4 Å². The predicted molar refractivity (Wildman–Crippen MR) is 96.1 cm³/mol. The zero-order valence-corrected chi connectivity index (χ0v) is 15.1. The van der Waals surface area contributed by atoms with E-state index in [9.17, 15) is 13.2 Å². The number of benzene rings is 1. The topological polar surface area (TPSA) is 81.1 Å². The number of nitrogens with zero attached hydrogens (tertiary/aromatic N) is 3. The fourth-order valence-corrected chi connectivity index (χ4v) is 3.66. The Morgan fingerprint density at radius 1 is 1.19 bits per heavy atom. The van der Waals surface area contributed by atoms with Crippen LogP contribution in [-0.2, 0) is 6.18 Å². The van der Waals surface area contributed by atoms with E-state index in [0.29, 0.717) is 5.82 Å². The number of rotatable bonds is 3. The molecular weight excluding hydrogens is 363 g/mol. The monoisotopic (exact) mass is 383 g/mol. The molecule has 0 amide bonds. The van der Waals surface area contributed by atoms with Crippen LogP contribution in [0.1, 0.15) is 25.3 Å². The smallest absolute Gasteiger partial charge is 0.381 e. The fraction of sp³-hybridized carbons (Fsp3) is 0.412. The molecule has 1 aromatic heterocycles. The van der Waals surface area contributed by atoms with Crippen LogP contribution in [-0.4, -0.2) is 28.6 Å². The Morgan fingerprint density at radius 2 is 1.85 bits per heavy atom. The number of piperidine rings is 1. The van der Waals surface area contributed by atoms with Crippen molar-refractivity contribution in [3.05, 3.63) is 36.0 Å². The van der Waals surface area contributed by atoms with Gasteiger partial charge >= 0.3 is 6.18 Å². The number of aromatic nitrogens is 2. The van der Waals surface area contributed by atoms with Gasteiger partial charge in [-0.1, -0.05) is 23.9 Å². The maximum Gasteiger partial charge on any atom is 0.417 e. The minimum atomic E-state index is -4.44. The van der Waals surface area contributed by atoms with Crippen molar-refractivity contribution < 1.29 is 13.2 Å². The fourth-order valence-electron chi connectivity index (χ4n) is 2.75. The second-order valence-electron chi connectivity index (χ2n) is 6.66. The SMILES string of the molecule is CC1(N)CCN(c2cnc(Sc3ccccc3C(F)(F)F)c(N)n2)CC1. The molecule has 0 radical (unpaired) electrons. The Kier molecular flexibility index (Phi) is 5.03. The number of alkyl halides is 3. The van der Waals surface area contributed by atoms with Crippen LogP contribution in [0.25, 0.3) is 0 Å². The summed E-state index contributed by atoms with van der Waals surface area (Å²) in [4.78, 5) is 10.7. The van der Waals surface area contributed by atoms with Gasteiger partial charge in [0.2, 0.25) is 0 Å². The van der Waals surface area contributed by atoms with E-state index in [4.69, 9.17) is 11.5 Å². The van der Waals surface area contributed by atoms with Crippen LogP contribution >= 0.6 is 11.8 Å². The predicted octanol–water partition coefficient (Wildman–Crippen LogP) is 3.55. The average molecular weight is 383 g/mol. The van der Waals surface area contributed by atoms with Gasteiger partial charge in [0, 0.05) is 23.5 Å².